The molecule has 4 aromatic rings. The number of nitrogens with one attached hydrogen (secondary N) is 3. The number of imide groups is 1. The van der Waals surface area contributed by atoms with Gasteiger partial charge < -0.3 is 39.4 Å². The van der Waals surface area contributed by atoms with Crippen LogP contribution in [0.1, 0.15) is 87.2 Å². The lowest BCUT2D eigenvalue weighted by Crippen LogP contribution is -2.65. The van der Waals surface area contributed by atoms with Crippen LogP contribution in [0, 0.1) is 5.41 Å². The molecule has 4 amide bonds. The maximum atomic E-state index is 13.3. The first kappa shape index (κ1) is 44.1. The van der Waals surface area contributed by atoms with Crippen LogP contribution in [-0.4, -0.2) is 125 Å². The van der Waals surface area contributed by atoms with E-state index in [0.717, 1.165) is 106 Å². The van der Waals surface area contributed by atoms with Crippen molar-refractivity contribution in [1.82, 2.24) is 35.0 Å². The van der Waals surface area contributed by atoms with Gasteiger partial charge in [-0.25, -0.2) is 4.98 Å². The first-order chi connectivity index (χ1) is 31.8. The van der Waals surface area contributed by atoms with Crippen molar-refractivity contribution in [1.29, 1.82) is 0 Å². The molecule has 1 atom stereocenters. The summed E-state index contributed by atoms with van der Waals surface area (Å²) < 4.78 is 13.9. The maximum absolute atomic E-state index is 13.3. The van der Waals surface area contributed by atoms with E-state index in [0.29, 0.717) is 52.9 Å². The van der Waals surface area contributed by atoms with Crippen LogP contribution in [0.2, 0.25) is 5.02 Å². The number of amides is 4. The number of ether oxygens (including phenoxy) is 2. The van der Waals surface area contributed by atoms with E-state index in [9.17, 15) is 24.0 Å². The molecule has 17 nitrogen and oxygen atoms in total. The largest absolute Gasteiger partial charge is 0.478 e. The van der Waals surface area contributed by atoms with Crippen LogP contribution < -0.4 is 36.0 Å². The van der Waals surface area contributed by atoms with E-state index in [-0.39, 0.29) is 60.1 Å². The van der Waals surface area contributed by atoms with Crippen LogP contribution in [0.5, 0.6) is 5.75 Å². The fraction of sp³-hybridized carbons (Fsp3) is 0.521. The predicted octanol–water partition coefficient (Wildman–Crippen LogP) is 4.77. The molecule has 2 aromatic carbocycles. The summed E-state index contributed by atoms with van der Waals surface area (Å²) in [5.74, 6) is 0.0579. The van der Waals surface area contributed by atoms with Crippen molar-refractivity contribution < 1.29 is 28.7 Å². The van der Waals surface area contributed by atoms with E-state index >= 15 is 0 Å². The smallest absolute Gasteiger partial charge is 0.293 e. The zero-order valence-corrected chi connectivity index (χ0v) is 38.4. The molecule has 10 rings (SSSR count). The molecule has 0 radical (unpaired) electrons. The summed E-state index contributed by atoms with van der Waals surface area (Å²) in [5, 5.41) is 9.38. The molecule has 0 bridgehead atoms. The number of hydrogen-bond acceptors (Lipinski definition) is 13. The number of anilines is 4. The summed E-state index contributed by atoms with van der Waals surface area (Å²) in [7, 11) is 1.52. The minimum absolute atomic E-state index is 0.0985. The summed E-state index contributed by atoms with van der Waals surface area (Å²) in [4.78, 5) is 80.7. The van der Waals surface area contributed by atoms with Crippen molar-refractivity contribution in [2.45, 2.75) is 102 Å². The molecule has 348 valence electrons. The van der Waals surface area contributed by atoms with E-state index < -0.39 is 6.04 Å². The number of likely N-dealkylation sites (tertiary alicyclic amines) is 1. The second-order valence-corrected chi connectivity index (χ2v) is 19.6. The first-order valence-electron chi connectivity index (χ1n) is 23.3. The molecule has 6 aliphatic rings. The molecule has 1 aliphatic carbocycles. The Balaban J connectivity index is 0.671. The molecular weight excluding hydrogens is 864 g/mol. The summed E-state index contributed by atoms with van der Waals surface area (Å²) in [5.41, 5.74) is 4.27. The standard InChI is InChI=1S/C48H57ClN10O7/c1-28(2)59-38-7-4-31(18-29(38)20-40(46(59)64)65-25-42(61)50-3)52-43-37(49)23-51-47(54-43)56-14-10-34(11-15-56)66-35-21-33(22-35)57-26-48(27-57)12-16-55(17-13-48)32-5-6-36-30(19-32)24-58(45(36)63)39-8-9-41(60)53-44(39)62/h4-7,18-20,23,28,33-35,39H,8-17,21-22,24-27H2,1-3H3,(H,50,61)(H,51,52,54)(H,53,60,62)/t33?,35?,39-/m1/s1. The molecule has 2 aromatic heterocycles. The molecule has 0 unspecified atom stereocenters. The lowest BCUT2D eigenvalue weighted by Gasteiger charge is -2.59. The molecule has 18 heteroatoms. The third kappa shape index (κ3) is 8.56. The monoisotopic (exact) mass is 920 g/mol. The lowest BCUT2D eigenvalue weighted by molar-refractivity contribution is -0.137. The molecule has 3 N–H and O–H groups in total. The second-order valence-electron chi connectivity index (χ2n) is 19.2. The molecule has 1 spiro atoms. The van der Waals surface area contributed by atoms with Gasteiger partial charge in [0, 0.05) is 93.7 Å². The Labute approximate surface area is 388 Å². The maximum Gasteiger partial charge on any atom is 0.293 e. The zero-order chi connectivity index (χ0) is 45.9. The van der Waals surface area contributed by atoms with Gasteiger partial charge in [0.25, 0.3) is 17.4 Å². The number of rotatable bonds is 12. The molecule has 7 heterocycles. The van der Waals surface area contributed by atoms with Gasteiger partial charge in [-0.1, -0.05) is 11.6 Å². The van der Waals surface area contributed by atoms with Crippen molar-refractivity contribution in [3.63, 3.8) is 0 Å². The summed E-state index contributed by atoms with van der Waals surface area (Å²) >= 11 is 6.61. The number of piperidine rings is 3. The van der Waals surface area contributed by atoms with E-state index in [1.165, 1.54) is 7.05 Å². The number of fused-ring (bicyclic) bond motifs is 2. The van der Waals surface area contributed by atoms with Gasteiger partial charge >= 0.3 is 0 Å². The van der Waals surface area contributed by atoms with Crippen LogP contribution in [0.4, 0.5) is 23.1 Å². The number of halogens is 1. The van der Waals surface area contributed by atoms with Crippen molar-refractivity contribution in [2.24, 2.45) is 5.41 Å². The van der Waals surface area contributed by atoms with E-state index in [1.54, 1.807) is 21.7 Å². The second kappa shape index (κ2) is 17.8. The van der Waals surface area contributed by atoms with Crippen molar-refractivity contribution in [2.75, 3.05) is 68.0 Å². The predicted molar refractivity (Wildman–Crippen MR) is 250 cm³/mol. The summed E-state index contributed by atoms with van der Waals surface area (Å²) in [6.45, 7) is 9.81. The minimum atomic E-state index is -0.600. The number of nitrogens with zero attached hydrogens (tertiary/aromatic N) is 7. The molecule has 4 saturated heterocycles. The van der Waals surface area contributed by atoms with Gasteiger partial charge in [-0.05, 0) is 112 Å². The molecule has 5 aliphatic heterocycles. The average Bonchev–Trinajstić information content (AvgIpc) is 3.61. The van der Waals surface area contributed by atoms with Gasteiger partial charge in [0.2, 0.25) is 17.8 Å². The Morgan fingerprint density at radius 1 is 0.955 bits per heavy atom. The van der Waals surface area contributed by atoms with Crippen LogP contribution in [0.25, 0.3) is 10.9 Å². The normalized spacial score (nSPS) is 23.2. The van der Waals surface area contributed by atoms with Crippen LogP contribution >= 0.6 is 11.6 Å². The van der Waals surface area contributed by atoms with E-state index in [1.807, 2.05) is 44.2 Å². The lowest BCUT2D eigenvalue weighted by atomic mass is 9.69. The van der Waals surface area contributed by atoms with Gasteiger partial charge in [-0.3, -0.25) is 34.2 Å². The number of likely N-dealkylation sites (N-methyl/N-ethyl adjacent to an activating group) is 1. The highest BCUT2D eigenvalue weighted by molar-refractivity contribution is 6.33. The molecule has 1 saturated carbocycles. The Hall–Kier alpha value is -5.78. The topological polar surface area (TPSA) is 184 Å². The highest BCUT2D eigenvalue weighted by Gasteiger charge is 2.50. The van der Waals surface area contributed by atoms with Gasteiger partial charge in [0.05, 0.1) is 23.9 Å². The number of aromatic nitrogens is 3. The average molecular weight is 921 g/mol. The third-order valence-electron chi connectivity index (χ3n) is 14.6. The van der Waals surface area contributed by atoms with Crippen molar-refractivity contribution in [3.8, 4) is 5.75 Å². The fourth-order valence-corrected chi connectivity index (χ4v) is 10.9. The fourth-order valence-electron chi connectivity index (χ4n) is 10.8. The summed E-state index contributed by atoms with van der Waals surface area (Å²) in [6, 6.07) is 13.2. The first-order valence-corrected chi connectivity index (χ1v) is 23.7. The molecule has 5 fully saturated rings. The van der Waals surface area contributed by atoms with Gasteiger partial charge in [0.15, 0.2) is 18.2 Å². The van der Waals surface area contributed by atoms with Crippen LogP contribution in [0.15, 0.2) is 53.5 Å². The van der Waals surface area contributed by atoms with Gasteiger partial charge in [0.1, 0.15) is 11.1 Å². The van der Waals surface area contributed by atoms with Crippen LogP contribution in [0.3, 0.4) is 0 Å². The Bertz CT molecular complexity index is 2630. The summed E-state index contributed by atoms with van der Waals surface area (Å²) in [6.07, 6.45) is 8.97. The molecular formula is C48H57ClN10O7. The van der Waals surface area contributed by atoms with Crippen molar-refractivity contribution in [3.05, 3.63) is 75.2 Å². The zero-order valence-electron chi connectivity index (χ0n) is 37.7. The van der Waals surface area contributed by atoms with Crippen molar-refractivity contribution >= 4 is 69.3 Å². The number of pyridine rings is 1. The Morgan fingerprint density at radius 2 is 1.73 bits per heavy atom. The Morgan fingerprint density at radius 3 is 2.45 bits per heavy atom. The number of carbonyl (C=O) groups excluding carboxylic acids is 4. The van der Waals surface area contributed by atoms with E-state index in [4.69, 9.17) is 26.1 Å². The Kier molecular flexibility index (Phi) is 11.9. The van der Waals surface area contributed by atoms with Crippen LogP contribution in [-0.2, 0) is 25.7 Å². The van der Waals surface area contributed by atoms with E-state index in [2.05, 4.69) is 41.7 Å². The number of carbonyl (C=O) groups is 4. The number of hydrogen-bond donors (Lipinski definition) is 3. The quantitative estimate of drug-likeness (QED) is 0.165. The SMILES string of the molecule is CNC(=O)COc1cc2cc(Nc3nc(N4CCC(OC5CC(N6CC7(CCN(c8ccc9c(c8)CN([C@@H]8CCC(=O)NC8=O)C9=O)CC7)C6)C5)CC4)ncc3Cl)ccc2n(C(C)C)c1=O. The minimum Gasteiger partial charge on any atom is -0.478 e. The van der Waals surface area contributed by atoms with Gasteiger partial charge in [-0.2, -0.15) is 4.98 Å². The molecule has 66 heavy (non-hydrogen) atoms. The van der Waals surface area contributed by atoms with Gasteiger partial charge in [-0.15, -0.1) is 0 Å². The highest BCUT2D eigenvalue weighted by Crippen LogP contribution is 2.46. The highest BCUT2D eigenvalue weighted by atomic mass is 35.5. The third-order valence-corrected chi connectivity index (χ3v) is 14.9. The number of benzene rings is 2.